The van der Waals surface area contributed by atoms with Crippen molar-refractivity contribution in [2.75, 3.05) is 100 Å². The maximum Gasteiger partial charge on any atom is 0.242 e. The Morgan fingerprint density at radius 2 is 1.07 bits per heavy atom. The van der Waals surface area contributed by atoms with Crippen LogP contribution in [0.4, 0.5) is 0 Å². The van der Waals surface area contributed by atoms with Gasteiger partial charge in [-0.3, -0.25) is 24.0 Å². The van der Waals surface area contributed by atoms with Gasteiger partial charge in [-0.15, -0.1) is 0 Å². The molecule has 1 saturated carbocycles. The maximum atomic E-state index is 13.4. The number of amides is 5. The Morgan fingerprint density at radius 3 is 1.52 bits per heavy atom. The van der Waals surface area contributed by atoms with E-state index in [0.717, 1.165) is 0 Å². The molecule has 0 heterocycles. The zero-order valence-electron chi connectivity index (χ0n) is 34.2. The van der Waals surface area contributed by atoms with E-state index in [9.17, 15) is 28.9 Å². The fourth-order valence-electron chi connectivity index (χ4n) is 5.26. The number of rotatable bonds is 31. The van der Waals surface area contributed by atoms with Crippen LogP contribution in [0.3, 0.4) is 0 Å². The molecule has 0 aliphatic heterocycles. The van der Waals surface area contributed by atoms with E-state index in [1.807, 2.05) is 20.8 Å². The third-order valence-corrected chi connectivity index (χ3v) is 12.9. The normalized spacial score (nSPS) is 17.9. The van der Waals surface area contributed by atoms with Crippen LogP contribution in [0.25, 0.3) is 0 Å². The van der Waals surface area contributed by atoms with Crippen molar-refractivity contribution in [3.63, 3.8) is 0 Å². The van der Waals surface area contributed by atoms with E-state index in [2.05, 4.69) is 26.6 Å². The van der Waals surface area contributed by atoms with Crippen molar-refractivity contribution in [1.29, 1.82) is 0 Å². The topological polar surface area (TPSA) is 230 Å². The molecule has 0 aromatic carbocycles. The Bertz CT molecular complexity index is 1200. The van der Waals surface area contributed by atoms with Gasteiger partial charge >= 0.3 is 0 Å². The predicted molar refractivity (Wildman–Crippen MR) is 213 cm³/mol. The Labute approximate surface area is 337 Å². The number of hydrogen-bond acceptors (Lipinski definition) is 13. The molecule has 6 N–H and O–H groups in total. The second-order valence-electron chi connectivity index (χ2n) is 14.3. The first-order chi connectivity index (χ1) is 26.6. The second-order valence-corrected chi connectivity index (χ2v) is 18.4. The minimum Gasteiger partial charge on any atom is -0.382 e. The van der Waals surface area contributed by atoms with Crippen LogP contribution in [0, 0.1) is 5.92 Å². The van der Waals surface area contributed by atoms with Gasteiger partial charge in [0.1, 0.15) is 12.1 Å². The van der Waals surface area contributed by atoms with Gasteiger partial charge in [0.25, 0.3) is 0 Å². The molecule has 0 radical (unpaired) electrons. The van der Waals surface area contributed by atoms with Crippen LogP contribution in [0.1, 0.15) is 72.1 Å². The van der Waals surface area contributed by atoms with Crippen LogP contribution in [-0.2, 0) is 68.7 Å². The van der Waals surface area contributed by atoms with Gasteiger partial charge in [-0.2, -0.15) is 0 Å². The van der Waals surface area contributed by atoms with E-state index in [0.29, 0.717) is 71.9 Å². The largest absolute Gasteiger partial charge is 0.382 e. The average Bonchev–Trinajstić information content (AvgIpc) is 3.15. The van der Waals surface area contributed by atoms with Crippen LogP contribution in [-0.4, -0.2) is 158 Å². The quantitative estimate of drug-likeness (QED) is 0.0414. The number of hydrogen-bond donors (Lipinski definition) is 6. The Morgan fingerprint density at radius 1 is 0.643 bits per heavy atom. The Balaban J connectivity index is 2.89. The summed E-state index contributed by atoms with van der Waals surface area (Å²) in [5.41, 5.74) is 0. The van der Waals surface area contributed by atoms with Crippen LogP contribution in [0.5, 0.6) is 0 Å². The highest BCUT2D eigenvalue weighted by molar-refractivity contribution is 8.10. The summed E-state index contributed by atoms with van der Waals surface area (Å²) in [6.07, 6.45) is 1.42. The molecular formula is C36H68N5O13PS. The summed E-state index contributed by atoms with van der Waals surface area (Å²) in [4.78, 5) is 76.4. The predicted octanol–water partition coefficient (Wildman–Crippen LogP) is 0.530. The zero-order chi connectivity index (χ0) is 41.8. The van der Waals surface area contributed by atoms with Gasteiger partial charge in [-0.25, -0.2) is 0 Å². The maximum absolute atomic E-state index is 13.4. The molecule has 0 aromatic rings. The van der Waals surface area contributed by atoms with Gasteiger partial charge in [0.15, 0.2) is 6.49 Å². The van der Waals surface area contributed by atoms with E-state index in [1.54, 1.807) is 21.3 Å². The van der Waals surface area contributed by atoms with E-state index in [4.69, 9.17) is 44.8 Å². The van der Waals surface area contributed by atoms with Crippen molar-refractivity contribution in [2.24, 2.45) is 5.92 Å². The molecule has 20 heteroatoms. The number of nitrogens with one attached hydrogen (secondary N) is 5. The second kappa shape index (κ2) is 29.8. The summed E-state index contributed by atoms with van der Waals surface area (Å²) in [5, 5.41) is 13.1. The molecule has 1 aliphatic rings. The molecule has 3 unspecified atom stereocenters. The molecule has 1 aliphatic carbocycles. The Hall–Kier alpha value is -2.32. The van der Waals surface area contributed by atoms with Crippen molar-refractivity contribution in [1.82, 2.24) is 26.6 Å². The highest BCUT2D eigenvalue weighted by Crippen LogP contribution is 2.57. The SMILES string of the molecule is COCCOCCNC(=O)CCC(NC(=O)CCC(NC(=O)C1CCC(OP(O)(=S)C(C)(C)C)CC1)C(=O)NCCOCCOC)C(=O)NCCOCCOC. The molecule has 326 valence electrons. The first kappa shape index (κ1) is 51.7. The summed E-state index contributed by atoms with van der Waals surface area (Å²) >= 11 is 5.39. The molecule has 0 bridgehead atoms. The van der Waals surface area contributed by atoms with Crippen LogP contribution >= 0.6 is 6.49 Å². The fourth-order valence-corrected chi connectivity index (χ4v) is 6.55. The highest BCUT2D eigenvalue weighted by Gasteiger charge is 2.37. The van der Waals surface area contributed by atoms with Crippen molar-refractivity contribution >= 4 is 47.8 Å². The lowest BCUT2D eigenvalue weighted by Gasteiger charge is -2.35. The monoisotopic (exact) mass is 841 g/mol. The third-order valence-electron chi connectivity index (χ3n) is 8.74. The van der Waals surface area contributed by atoms with E-state index in [-0.39, 0.29) is 76.4 Å². The van der Waals surface area contributed by atoms with Crippen LogP contribution in [0.2, 0.25) is 0 Å². The standard InChI is InChI=1S/C36H68N5O13PS/c1-36(2,3)55(47,56)54-28-9-7-27(8-10-28)33(44)41-30(35(46)39-17-20-53-26-23-50-6)12-14-32(43)40-29(34(45)38-16-19-52-25-22-49-5)11-13-31(42)37-15-18-51-24-21-48-4/h27-30H,7-26H2,1-6H3,(H,37,42)(H,38,45)(H,39,46)(H,40,43)(H,41,44)(H,47,56). The number of ether oxygens (including phenoxy) is 6. The lowest BCUT2D eigenvalue weighted by Crippen LogP contribution is -2.51. The van der Waals surface area contributed by atoms with Crippen LogP contribution in [0.15, 0.2) is 0 Å². The summed E-state index contributed by atoms with van der Waals surface area (Å²) < 4.78 is 36.9. The van der Waals surface area contributed by atoms with E-state index in [1.165, 1.54) is 0 Å². The summed E-state index contributed by atoms with van der Waals surface area (Å²) in [6.45, 7) is 6.12. The first-order valence-corrected chi connectivity index (χ1v) is 22.0. The van der Waals surface area contributed by atoms with Gasteiger partial charge in [0.2, 0.25) is 29.5 Å². The average molecular weight is 842 g/mol. The lowest BCUT2D eigenvalue weighted by molar-refractivity contribution is -0.133. The van der Waals surface area contributed by atoms with E-state index < -0.39 is 47.4 Å². The Kier molecular flexibility index (Phi) is 27.5. The van der Waals surface area contributed by atoms with Gasteiger partial charge in [-0.1, -0.05) is 20.8 Å². The van der Waals surface area contributed by atoms with Crippen molar-refractivity contribution in [3.8, 4) is 0 Å². The molecule has 5 amide bonds. The van der Waals surface area contributed by atoms with Crippen molar-refractivity contribution in [3.05, 3.63) is 0 Å². The van der Waals surface area contributed by atoms with E-state index >= 15 is 0 Å². The molecule has 1 fully saturated rings. The minimum atomic E-state index is -3.05. The molecule has 0 spiro atoms. The van der Waals surface area contributed by atoms with Gasteiger partial charge in [0, 0.05) is 64.9 Å². The molecule has 56 heavy (non-hydrogen) atoms. The third kappa shape index (κ3) is 23.2. The van der Waals surface area contributed by atoms with Crippen molar-refractivity contribution < 1.29 is 61.8 Å². The summed E-state index contributed by atoms with van der Waals surface area (Å²) in [5.74, 6) is -2.59. The molecule has 18 nitrogen and oxygen atoms in total. The zero-order valence-corrected chi connectivity index (χ0v) is 35.9. The number of carbonyl (C=O) groups excluding carboxylic acids is 5. The lowest BCUT2D eigenvalue weighted by atomic mass is 9.86. The fraction of sp³-hybridized carbons (Fsp3) is 0.861. The van der Waals surface area contributed by atoms with Crippen LogP contribution < -0.4 is 26.6 Å². The molecular weight excluding hydrogens is 773 g/mol. The molecule has 3 atom stereocenters. The number of methoxy groups -OCH3 is 3. The van der Waals surface area contributed by atoms with Gasteiger partial charge in [-0.05, 0) is 50.3 Å². The molecule has 0 saturated heterocycles. The summed E-state index contributed by atoms with van der Waals surface area (Å²) in [6, 6.07) is -2.11. The minimum absolute atomic E-state index is 0.00912. The van der Waals surface area contributed by atoms with Gasteiger partial charge in [0.05, 0.1) is 65.6 Å². The number of carbonyl (C=O) groups is 5. The highest BCUT2D eigenvalue weighted by atomic mass is 32.5. The molecule has 1 rings (SSSR count). The smallest absolute Gasteiger partial charge is 0.242 e. The van der Waals surface area contributed by atoms with Crippen molar-refractivity contribution in [2.45, 2.75) is 95.5 Å². The first-order valence-electron chi connectivity index (χ1n) is 19.3. The summed E-state index contributed by atoms with van der Waals surface area (Å²) in [7, 11) is 4.66. The van der Waals surface area contributed by atoms with Gasteiger partial charge < -0.3 is 64.4 Å². The molecule has 0 aromatic heterocycles.